The third-order valence-electron chi connectivity index (χ3n) is 4.69. The molecule has 3 aromatic rings. The van der Waals surface area contributed by atoms with Crippen LogP contribution in [0.5, 0.6) is 11.5 Å². The molecule has 0 unspecified atom stereocenters. The van der Waals surface area contributed by atoms with Crippen LogP contribution < -0.4 is 14.8 Å². The maximum absolute atomic E-state index is 12.3. The Labute approximate surface area is 165 Å². The summed E-state index contributed by atoms with van der Waals surface area (Å²) in [5, 5.41) is 5.19. The lowest BCUT2D eigenvalue weighted by Gasteiger charge is -2.25. The molecular weight excluding hydrogens is 352 g/mol. The summed E-state index contributed by atoms with van der Waals surface area (Å²) in [6, 6.07) is 21.8. The van der Waals surface area contributed by atoms with Gasteiger partial charge < -0.3 is 19.7 Å². The number of likely N-dealkylation sites (N-methyl/N-ethyl adjacent to an activating group) is 1. The minimum absolute atomic E-state index is 0.0173. The quantitative estimate of drug-likeness (QED) is 0.650. The first kappa shape index (κ1) is 19.7. The Morgan fingerprint density at radius 1 is 0.964 bits per heavy atom. The lowest BCUT2D eigenvalue weighted by molar-refractivity contribution is -0.123. The van der Waals surface area contributed by atoms with Crippen molar-refractivity contribution in [3.05, 3.63) is 72.3 Å². The van der Waals surface area contributed by atoms with Gasteiger partial charge >= 0.3 is 0 Å². The molecule has 0 fully saturated rings. The molecule has 0 aromatic heterocycles. The SMILES string of the molecule is COc1cccc([C@@H](CNC(=O)COc2ccc3ccccc3c2)N(C)C)c1. The van der Waals surface area contributed by atoms with Gasteiger partial charge in [0, 0.05) is 6.54 Å². The number of carbonyl (C=O) groups is 1. The second-order valence-electron chi connectivity index (χ2n) is 6.86. The van der Waals surface area contributed by atoms with Crippen LogP contribution >= 0.6 is 0 Å². The lowest BCUT2D eigenvalue weighted by Crippen LogP contribution is -2.36. The van der Waals surface area contributed by atoms with E-state index in [1.807, 2.05) is 80.8 Å². The largest absolute Gasteiger partial charge is 0.497 e. The zero-order valence-electron chi connectivity index (χ0n) is 16.5. The molecular formula is C23H26N2O3. The van der Waals surface area contributed by atoms with Gasteiger partial charge in [0.2, 0.25) is 0 Å². The van der Waals surface area contributed by atoms with Crippen molar-refractivity contribution in [1.82, 2.24) is 10.2 Å². The molecule has 28 heavy (non-hydrogen) atoms. The van der Waals surface area contributed by atoms with E-state index in [4.69, 9.17) is 9.47 Å². The predicted molar refractivity (Wildman–Crippen MR) is 112 cm³/mol. The second-order valence-corrected chi connectivity index (χ2v) is 6.86. The van der Waals surface area contributed by atoms with Crippen molar-refractivity contribution in [2.75, 3.05) is 34.4 Å². The standard InChI is InChI=1S/C23H26N2O3/c1-25(2)22(19-9-6-10-20(14-19)27-3)15-24-23(26)16-28-21-12-11-17-7-4-5-8-18(17)13-21/h4-14,22H,15-16H2,1-3H3,(H,24,26)/t22-/m1/s1. The maximum Gasteiger partial charge on any atom is 0.258 e. The Morgan fingerprint density at radius 3 is 2.50 bits per heavy atom. The van der Waals surface area contributed by atoms with Crippen molar-refractivity contribution in [2.24, 2.45) is 0 Å². The average molecular weight is 378 g/mol. The molecule has 5 nitrogen and oxygen atoms in total. The molecule has 0 spiro atoms. The summed E-state index contributed by atoms with van der Waals surface area (Å²) in [6.45, 7) is 0.469. The summed E-state index contributed by atoms with van der Waals surface area (Å²) in [5.74, 6) is 1.34. The molecule has 3 rings (SSSR count). The Bertz CT molecular complexity index is 940. The number of amides is 1. The van der Waals surface area contributed by atoms with Crippen LogP contribution in [-0.4, -0.2) is 45.2 Å². The van der Waals surface area contributed by atoms with Gasteiger partial charge in [-0.3, -0.25) is 4.79 Å². The fraction of sp³-hybridized carbons (Fsp3) is 0.261. The molecule has 1 atom stereocenters. The molecule has 146 valence electrons. The van der Waals surface area contributed by atoms with Gasteiger partial charge in [-0.15, -0.1) is 0 Å². The Morgan fingerprint density at radius 2 is 1.75 bits per heavy atom. The van der Waals surface area contributed by atoms with E-state index in [2.05, 4.69) is 10.2 Å². The number of ether oxygens (including phenoxy) is 2. The fourth-order valence-corrected chi connectivity index (χ4v) is 3.11. The molecule has 1 N–H and O–H groups in total. The van der Waals surface area contributed by atoms with Crippen molar-refractivity contribution in [1.29, 1.82) is 0 Å². The Balaban J connectivity index is 1.56. The van der Waals surface area contributed by atoms with Crippen molar-refractivity contribution >= 4 is 16.7 Å². The van der Waals surface area contributed by atoms with E-state index in [9.17, 15) is 4.79 Å². The van der Waals surface area contributed by atoms with Crippen LogP contribution in [-0.2, 0) is 4.79 Å². The highest BCUT2D eigenvalue weighted by Gasteiger charge is 2.16. The smallest absolute Gasteiger partial charge is 0.258 e. The number of hydrogen-bond donors (Lipinski definition) is 1. The first-order valence-electron chi connectivity index (χ1n) is 9.25. The summed E-state index contributed by atoms with van der Waals surface area (Å²) in [6.07, 6.45) is 0. The van der Waals surface area contributed by atoms with Crippen LogP contribution in [0.1, 0.15) is 11.6 Å². The maximum atomic E-state index is 12.3. The second kappa shape index (κ2) is 9.24. The van der Waals surface area contributed by atoms with Crippen molar-refractivity contribution < 1.29 is 14.3 Å². The molecule has 0 aliphatic rings. The topological polar surface area (TPSA) is 50.8 Å². The highest BCUT2D eigenvalue weighted by atomic mass is 16.5. The van der Waals surface area contributed by atoms with Crippen molar-refractivity contribution in [3.8, 4) is 11.5 Å². The van der Waals surface area contributed by atoms with Gasteiger partial charge in [0.05, 0.1) is 13.2 Å². The van der Waals surface area contributed by atoms with Gasteiger partial charge in [-0.05, 0) is 54.7 Å². The van der Waals surface area contributed by atoms with E-state index in [1.165, 1.54) is 0 Å². The number of nitrogens with zero attached hydrogens (tertiary/aromatic N) is 1. The first-order valence-corrected chi connectivity index (χ1v) is 9.25. The molecule has 0 radical (unpaired) electrons. The highest BCUT2D eigenvalue weighted by Crippen LogP contribution is 2.22. The van der Waals surface area contributed by atoms with E-state index in [-0.39, 0.29) is 18.6 Å². The minimum Gasteiger partial charge on any atom is -0.497 e. The summed E-state index contributed by atoms with van der Waals surface area (Å²) < 4.78 is 11.0. The summed E-state index contributed by atoms with van der Waals surface area (Å²) >= 11 is 0. The fourth-order valence-electron chi connectivity index (χ4n) is 3.11. The summed E-state index contributed by atoms with van der Waals surface area (Å²) in [4.78, 5) is 14.4. The van der Waals surface area contributed by atoms with E-state index in [0.717, 1.165) is 22.1 Å². The number of nitrogens with one attached hydrogen (secondary N) is 1. The normalized spacial score (nSPS) is 12.0. The molecule has 0 saturated carbocycles. The molecule has 0 bridgehead atoms. The minimum atomic E-state index is -0.150. The number of benzene rings is 3. The molecule has 5 heteroatoms. The molecule has 1 amide bonds. The van der Waals surface area contributed by atoms with Gasteiger partial charge in [0.25, 0.3) is 5.91 Å². The molecule has 0 aliphatic carbocycles. The first-order chi connectivity index (χ1) is 13.6. The zero-order valence-corrected chi connectivity index (χ0v) is 16.5. The highest BCUT2D eigenvalue weighted by molar-refractivity contribution is 5.84. The molecule has 3 aromatic carbocycles. The Kier molecular flexibility index (Phi) is 6.50. The van der Waals surface area contributed by atoms with Gasteiger partial charge in [0.1, 0.15) is 11.5 Å². The van der Waals surface area contributed by atoms with E-state index < -0.39 is 0 Å². The van der Waals surface area contributed by atoms with Crippen molar-refractivity contribution in [3.63, 3.8) is 0 Å². The van der Waals surface area contributed by atoms with E-state index in [0.29, 0.717) is 12.3 Å². The third kappa shape index (κ3) is 5.02. The number of methoxy groups -OCH3 is 1. The summed E-state index contributed by atoms with van der Waals surface area (Å²) in [7, 11) is 5.62. The van der Waals surface area contributed by atoms with Gasteiger partial charge in [-0.2, -0.15) is 0 Å². The molecule has 0 heterocycles. The lowest BCUT2D eigenvalue weighted by atomic mass is 10.1. The Hall–Kier alpha value is -3.05. The molecule has 0 saturated heterocycles. The summed E-state index contributed by atoms with van der Waals surface area (Å²) in [5.41, 5.74) is 1.08. The zero-order chi connectivity index (χ0) is 19.9. The van der Waals surface area contributed by atoms with E-state index in [1.54, 1.807) is 7.11 Å². The number of carbonyl (C=O) groups excluding carboxylic acids is 1. The van der Waals surface area contributed by atoms with Crippen LogP contribution in [0.25, 0.3) is 10.8 Å². The van der Waals surface area contributed by atoms with Crippen LogP contribution in [0.15, 0.2) is 66.7 Å². The number of fused-ring (bicyclic) bond motifs is 1. The average Bonchev–Trinajstić information content (AvgIpc) is 2.72. The number of hydrogen-bond acceptors (Lipinski definition) is 4. The monoisotopic (exact) mass is 378 g/mol. The van der Waals surface area contributed by atoms with Crippen LogP contribution in [0.3, 0.4) is 0 Å². The third-order valence-corrected chi connectivity index (χ3v) is 4.69. The van der Waals surface area contributed by atoms with Crippen LogP contribution in [0.2, 0.25) is 0 Å². The van der Waals surface area contributed by atoms with Gasteiger partial charge in [-0.1, -0.05) is 42.5 Å². The van der Waals surface area contributed by atoms with Crippen LogP contribution in [0.4, 0.5) is 0 Å². The number of rotatable bonds is 8. The van der Waals surface area contributed by atoms with Crippen molar-refractivity contribution in [2.45, 2.75) is 6.04 Å². The molecule has 0 aliphatic heterocycles. The van der Waals surface area contributed by atoms with E-state index >= 15 is 0 Å². The van der Waals surface area contributed by atoms with Crippen LogP contribution in [0, 0.1) is 0 Å². The predicted octanol–water partition coefficient (Wildman–Crippen LogP) is 3.65. The van der Waals surface area contributed by atoms with Gasteiger partial charge in [0.15, 0.2) is 6.61 Å². The van der Waals surface area contributed by atoms with Gasteiger partial charge in [-0.25, -0.2) is 0 Å².